The van der Waals surface area contributed by atoms with Crippen molar-refractivity contribution in [2.24, 2.45) is 17.3 Å². The van der Waals surface area contributed by atoms with Crippen molar-refractivity contribution in [3.05, 3.63) is 0 Å². The Kier molecular flexibility index (Phi) is 10.9. The zero-order valence-corrected chi connectivity index (χ0v) is 15.8. The molecule has 0 saturated heterocycles. The molecule has 5 heteroatoms. The molecule has 0 aliphatic heterocycles. The zero-order valence-electron chi connectivity index (χ0n) is 15.8. The molecule has 0 saturated carbocycles. The molecule has 3 N–H and O–H groups in total. The number of carbonyl (C=O) groups is 2. The maximum atomic E-state index is 11.1. The quantitative estimate of drug-likeness (QED) is 0.408. The minimum Gasteiger partial charge on any atom is -0.481 e. The summed E-state index contributed by atoms with van der Waals surface area (Å²) in [5.41, 5.74) is -0.689. The normalized spacial score (nSPS) is 15.7. The predicted octanol–water partition coefficient (Wildman–Crippen LogP) is 4.33. The van der Waals surface area contributed by atoms with E-state index in [-0.39, 0.29) is 12.0 Å². The van der Waals surface area contributed by atoms with Gasteiger partial charge in [-0.2, -0.15) is 0 Å². The SMILES string of the molecule is CC(CCCC(O)CCCCCC(C)C(=O)O)CC(C)(C)C(=O)O. The first-order valence-corrected chi connectivity index (χ1v) is 9.20. The molecule has 5 nitrogen and oxygen atoms in total. The molecule has 0 rings (SSSR count). The van der Waals surface area contributed by atoms with Gasteiger partial charge >= 0.3 is 11.9 Å². The Bertz CT molecular complexity index is 378. The molecule has 24 heavy (non-hydrogen) atoms. The maximum Gasteiger partial charge on any atom is 0.309 e. The largest absolute Gasteiger partial charge is 0.481 e. The van der Waals surface area contributed by atoms with Crippen LogP contribution in [-0.2, 0) is 9.59 Å². The lowest BCUT2D eigenvalue weighted by Gasteiger charge is -2.23. The van der Waals surface area contributed by atoms with Crippen LogP contribution in [0.15, 0.2) is 0 Å². The van der Waals surface area contributed by atoms with Crippen LogP contribution in [0.4, 0.5) is 0 Å². The first-order chi connectivity index (χ1) is 11.1. The van der Waals surface area contributed by atoms with Crippen LogP contribution in [0.5, 0.6) is 0 Å². The third-order valence-electron chi connectivity index (χ3n) is 4.77. The topological polar surface area (TPSA) is 94.8 Å². The second-order valence-corrected chi connectivity index (χ2v) is 7.96. The molecule has 0 bridgehead atoms. The van der Waals surface area contributed by atoms with Gasteiger partial charge in [0.15, 0.2) is 0 Å². The number of carboxylic acids is 2. The second kappa shape index (κ2) is 11.5. The van der Waals surface area contributed by atoms with E-state index < -0.39 is 17.4 Å². The molecule has 0 aliphatic carbocycles. The number of carboxylic acid groups (broad SMARTS) is 2. The van der Waals surface area contributed by atoms with Gasteiger partial charge in [0.1, 0.15) is 0 Å². The fourth-order valence-corrected chi connectivity index (χ4v) is 3.04. The highest BCUT2D eigenvalue weighted by atomic mass is 16.4. The Morgan fingerprint density at radius 2 is 1.42 bits per heavy atom. The van der Waals surface area contributed by atoms with E-state index in [0.29, 0.717) is 18.8 Å². The van der Waals surface area contributed by atoms with E-state index in [1.807, 2.05) is 0 Å². The summed E-state index contributed by atoms with van der Waals surface area (Å²) in [5, 5.41) is 27.9. The van der Waals surface area contributed by atoms with E-state index in [1.54, 1.807) is 20.8 Å². The summed E-state index contributed by atoms with van der Waals surface area (Å²) in [6.07, 6.45) is 7.18. The van der Waals surface area contributed by atoms with Crippen LogP contribution in [-0.4, -0.2) is 33.4 Å². The molecule has 0 aromatic rings. The van der Waals surface area contributed by atoms with Crippen molar-refractivity contribution < 1.29 is 24.9 Å². The van der Waals surface area contributed by atoms with Crippen LogP contribution in [0.3, 0.4) is 0 Å². The molecule has 0 radical (unpaired) electrons. The van der Waals surface area contributed by atoms with Gasteiger partial charge in [-0.1, -0.05) is 46.0 Å². The van der Waals surface area contributed by atoms with E-state index in [2.05, 4.69) is 6.92 Å². The van der Waals surface area contributed by atoms with Gasteiger partial charge in [0.2, 0.25) is 0 Å². The summed E-state index contributed by atoms with van der Waals surface area (Å²) >= 11 is 0. The van der Waals surface area contributed by atoms with Gasteiger partial charge in [0, 0.05) is 0 Å². The molecule has 0 heterocycles. The van der Waals surface area contributed by atoms with E-state index in [0.717, 1.165) is 44.9 Å². The Morgan fingerprint density at radius 3 is 1.96 bits per heavy atom. The number of hydrogen-bond donors (Lipinski definition) is 3. The van der Waals surface area contributed by atoms with Crippen molar-refractivity contribution in [3.8, 4) is 0 Å². The van der Waals surface area contributed by atoms with Crippen molar-refractivity contribution in [1.82, 2.24) is 0 Å². The minimum atomic E-state index is -0.758. The summed E-state index contributed by atoms with van der Waals surface area (Å²) in [5.74, 6) is -1.45. The molecule has 0 aromatic carbocycles. The lowest BCUT2D eigenvalue weighted by molar-refractivity contribution is -0.148. The molecular weight excluding hydrogens is 308 g/mol. The van der Waals surface area contributed by atoms with Crippen molar-refractivity contribution in [2.75, 3.05) is 0 Å². The second-order valence-electron chi connectivity index (χ2n) is 7.96. The minimum absolute atomic E-state index is 0.286. The maximum absolute atomic E-state index is 11.1. The van der Waals surface area contributed by atoms with Crippen molar-refractivity contribution >= 4 is 11.9 Å². The number of aliphatic carboxylic acids is 2. The zero-order chi connectivity index (χ0) is 18.8. The summed E-state index contributed by atoms with van der Waals surface area (Å²) in [4.78, 5) is 21.8. The first kappa shape index (κ1) is 22.9. The molecule has 3 unspecified atom stereocenters. The van der Waals surface area contributed by atoms with Gasteiger partial charge in [-0.25, -0.2) is 0 Å². The van der Waals surface area contributed by atoms with E-state index in [9.17, 15) is 14.7 Å². The van der Waals surface area contributed by atoms with Crippen molar-refractivity contribution in [3.63, 3.8) is 0 Å². The van der Waals surface area contributed by atoms with Crippen LogP contribution in [0.2, 0.25) is 0 Å². The van der Waals surface area contributed by atoms with Crippen LogP contribution in [0, 0.1) is 17.3 Å². The summed E-state index contributed by atoms with van der Waals surface area (Å²) in [6, 6.07) is 0. The fraction of sp³-hybridized carbons (Fsp3) is 0.895. The standard InChI is InChI=1S/C19H36O5/c1-14(13-19(3,4)18(23)24)9-8-12-16(20)11-7-5-6-10-15(2)17(21)22/h14-16,20H,5-13H2,1-4H3,(H,21,22)(H,23,24). The highest BCUT2D eigenvalue weighted by molar-refractivity contribution is 5.73. The Morgan fingerprint density at radius 1 is 0.875 bits per heavy atom. The summed E-state index contributed by atoms with van der Waals surface area (Å²) < 4.78 is 0. The van der Waals surface area contributed by atoms with E-state index in [4.69, 9.17) is 10.2 Å². The Labute approximate surface area is 146 Å². The van der Waals surface area contributed by atoms with Crippen LogP contribution < -0.4 is 0 Å². The van der Waals surface area contributed by atoms with Gasteiger partial charge in [-0.05, 0) is 45.4 Å². The Balaban J connectivity index is 3.71. The molecule has 0 fully saturated rings. The van der Waals surface area contributed by atoms with Gasteiger partial charge in [-0.15, -0.1) is 0 Å². The van der Waals surface area contributed by atoms with E-state index in [1.165, 1.54) is 0 Å². The monoisotopic (exact) mass is 344 g/mol. The molecule has 3 atom stereocenters. The number of unbranched alkanes of at least 4 members (excludes halogenated alkanes) is 2. The van der Waals surface area contributed by atoms with Crippen LogP contribution >= 0.6 is 0 Å². The average molecular weight is 344 g/mol. The first-order valence-electron chi connectivity index (χ1n) is 9.20. The van der Waals surface area contributed by atoms with Crippen molar-refractivity contribution in [1.29, 1.82) is 0 Å². The molecule has 142 valence electrons. The third kappa shape index (κ3) is 10.6. The van der Waals surface area contributed by atoms with Crippen molar-refractivity contribution in [2.45, 2.75) is 91.6 Å². The lowest BCUT2D eigenvalue weighted by Crippen LogP contribution is -2.26. The molecule has 0 aromatic heterocycles. The smallest absolute Gasteiger partial charge is 0.309 e. The highest BCUT2D eigenvalue weighted by Gasteiger charge is 2.28. The van der Waals surface area contributed by atoms with Gasteiger partial charge in [0.25, 0.3) is 0 Å². The number of aliphatic hydroxyl groups excluding tert-OH is 1. The number of hydrogen-bond acceptors (Lipinski definition) is 3. The highest BCUT2D eigenvalue weighted by Crippen LogP contribution is 2.28. The molecule has 0 aliphatic rings. The Hall–Kier alpha value is -1.10. The van der Waals surface area contributed by atoms with Gasteiger partial charge in [-0.3, -0.25) is 9.59 Å². The fourth-order valence-electron chi connectivity index (χ4n) is 3.04. The predicted molar refractivity (Wildman–Crippen MR) is 94.9 cm³/mol. The molecular formula is C19H36O5. The average Bonchev–Trinajstić information content (AvgIpc) is 2.45. The van der Waals surface area contributed by atoms with Crippen LogP contribution in [0.1, 0.15) is 85.5 Å². The summed E-state index contributed by atoms with van der Waals surface area (Å²) in [7, 11) is 0. The lowest BCUT2D eigenvalue weighted by atomic mass is 9.81. The number of rotatable bonds is 14. The van der Waals surface area contributed by atoms with Crippen LogP contribution in [0.25, 0.3) is 0 Å². The number of aliphatic hydroxyl groups is 1. The van der Waals surface area contributed by atoms with Gasteiger partial charge < -0.3 is 15.3 Å². The van der Waals surface area contributed by atoms with Gasteiger partial charge in [0.05, 0.1) is 17.4 Å². The van der Waals surface area contributed by atoms with E-state index >= 15 is 0 Å². The molecule has 0 spiro atoms. The summed E-state index contributed by atoms with van der Waals surface area (Å²) in [6.45, 7) is 7.31. The molecule has 0 amide bonds. The third-order valence-corrected chi connectivity index (χ3v) is 4.77.